The fraction of sp³-hybridized carbons (Fsp3) is 0.375. The van der Waals surface area contributed by atoms with E-state index in [1.807, 2.05) is 0 Å². The molecular weight excluding hydrogens is 342 g/mol. The number of aryl methyl sites for hydroxylation is 1. The zero-order valence-corrected chi connectivity index (χ0v) is 13.3. The molecule has 0 fully saturated rings. The minimum atomic E-state index is -4.29. The molecule has 0 saturated heterocycles. The summed E-state index contributed by atoms with van der Waals surface area (Å²) in [5, 5.41) is 2.61. The quantitative estimate of drug-likeness (QED) is 0.737. The molecule has 0 radical (unpaired) electrons. The molecule has 1 atom stereocenters. The first kappa shape index (κ1) is 18.9. The Bertz CT molecular complexity index is 692. The van der Waals surface area contributed by atoms with Crippen LogP contribution in [-0.4, -0.2) is 41.0 Å². The number of ether oxygens (including phenoxy) is 1. The van der Waals surface area contributed by atoms with Gasteiger partial charge in [-0.3, -0.25) is 4.79 Å². The minimum absolute atomic E-state index is 0.525. The highest BCUT2D eigenvalue weighted by Gasteiger charge is 2.41. The van der Waals surface area contributed by atoms with Crippen molar-refractivity contribution in [3.8, 4) is 0 Å². The number of carbonyl (C=O) groups is 1. The number of alkyl halides is 4. The summed E-state index contributed by atoms with van der Waals surface area (Å²) < 4.78 is 55.8. The average molecular weight is 359 g/mol. The first-order valence-corrected chi connectivity index (χ1v) is 7.36. The van der Waals surface area contributed by atoms with Crippen LogP contribution in [0.1, 0.15) is 17.4 Å². The Morgan fingerprint density at radius 1 is 1.32 bits per heavy atom. The number of rotatable bonds is 8. The zero-order valence-electron chi connectivity index (χ0n) is 13.3. The van der Waals surface area contributed by atoms with Gasteiger partial charge < -0.3 is 14.6 Å². The van der Waals surface area contributed by atoms with Gasteiger partial charge in [0.25, 0.3) is 0 Å². The van der Waals surface area contributed by atoms with Crippen LogP contribution in [0, 0.1) is 0 Å². The van der Waals surface area contributed by atoms with Crippen molar-refractivity contribution in [3.05, 3.63) is 54.1 Å². The molecule has 1 amide bonds. The van der Waals surface area contributed by atoms with Crippen LogP contribution in [0.2, 0.25) is 0 Å². The first-order chi connectivity index (χ1) is 11.8. The van der Waals surface area contributed by atoms with Crippen LogP contribution in [-0.2, 0) is 16.6 Å². The van der Waals surface area contributed by atoms with Crippen molar-refractivity contribution >= 4 is 5.91 Å². The number of halogens is 4. The van der Waals surface area contributed by atoms with Gasteiger partial charge >= 0.3 is 12.3 Å². The van der Waals surface area contributed by atoms with E-state index in [9.17, 15) is 22.4 Å². The lowest BCUT2D eigenvalue weighted by molar-refractivity contribution is -0.168. The van der Waals surface area contributed by atoms with Crippen molar-refractivity contribution in [1.82, 2.24) is 14.9 Å². The lowest BCUT2D eigenvalue weighted by Crippen LogP contribution is -2.37. The molecule has 0 aliphatic rings. The largest absolute Gasteiger partial charge is 0.365 e. The molecular formula is C16H17F4N3O2. The maximum Gasteiger partial charge on any atom is 0.330 e. The van der Waals surface area contributed by atoms with E-state index in [1.54, 1.807) is 54.3 Å². The first-order valence-electron chi connectivity index (χ1n) is 7.36. The summed E-state index contributed by atoms with van der Waals surface area (Å²) in [6, 6.07) is 8.26. The molecule has 5 nitrogen and oxygen atoms in total. The molecule has 1 aromatic heterocycles. The predicted octanol–water partition coefficient (Wildman–Crippen LogP) is 2.54. The summed E-state index contributed by atoms with van der Waals surface area (Å²) in [7, 11) is 1.74. The fourth-order valence-corrected chi connectivity index (χ4v) is 2.14. The number of hydrogen-bond acceptors (Lipinski definition) is 3. The van der Waals surface area contributed by atoms with Crippen LogP contribution in [0.3, 0.4) is 0 Å². The molecule has 136 valence electrons. The molecule has 25 heavy (non-hydrogen) atoms. The Hall–Kier alpha value is -2.42. The lowest BCUT2D eigenvalue weighted by atomic mass is 10.1. The number of nitrogens with zero attached hydrogens (tertiary/aromatic N) is 2. The highest BCUT2D eigenvalue weighted by Crippen LogP contribution is 2.23. The van der Waals surface area contributed by atoms with E-state index in [1.165, 1.54) is 0 Å². The Kier molecular flexibility index (Phi) is 6.13. The van der Waals surface area contributed by atoms with Gasteiger partial charge in [0, 0.05) is 19.4 Å². The molecule has 9 heteroatoms. The number of benzene rings is 1. The van der Waals surface area contributed by atoms with Gasteiger partial charge in [-0.15, -0.1) is 0 Å². The Morgan fingerprint density at radius 2 is 2.00 bits per heavy atom. The summed E-state index contributed by atoms with van der Waals surface area (Å²) in [5.74, 6) is -4.49. The van der Waals surface area contributed by atoms with E-state index in [0.29, 0.717) is 5.82 Å². The number of imidazole rings is 1. The van der Waals surface area contributed by atoms with E-state index in [2.05, 4.69) is 15.0 Å². The van der Waals surface area contributed by atoms with Gasteiger partial charge in [-0.2, -0.15) is 8.78 Å². The van der Waals surface area contributed by atoms with E-state index < -0.39 is 37.5 Å². The van der Waals surface area contributed by atoms with Crippen molar-refractivity contribution in [3.63, 3.8) is 0 Å². The van der Waals surface area contributed by atoms with E-state index >= 15 is 0 Å². The zero-order chi connectivity index (χ0) is 18.4. The summed E-state index contributed by atoms with van der Waals surface area (Å²) >= 11 is 0. The highest BCUT2D eigenvalue weighted by atomic mass is 19.3. The molecule has 0 spiro atoms. The molecule has 2 aromatic rings. The second-order valence-electron chi connectivity index (χ2n) is 5.36. The van der Waals surface area contributed by atoms with Crippen molar-refractivity contribution in [2.75, 3.05) is 13.2 Å². The number of hydrogen-bond donors (Lipinski definition) is 1. The standard InChI is InChI=1S/C16H17F4N3O2/c1-23-8-7-21-14(23)13(11-5-3-2-4-6-11)22-12(24)9-25-10-16(19,20)15(17)18/h2-8,13,15H,9-10H2,1H3,(H,22,24). The maximum absolute atomic E-state index is 12.8. The average Bonchev–Trinajstić information content (AvgIpc) is 2.99. The molecule has 1 unspecified atom stereocenters. The molecule has 0 aliphatic heterocycles. The Labute approximate surface area is 141 Å². The molecule has 0 saturated carbocycles. The van der Waals surface area contributed by atoms with Gasteiger partial charge in [-0.1, -0.05) is 30.3 Å². The van der Waals surface area contributed by atoms with E-state index in [4.69, 9.17) is 0 Å². The third-order valence-electron chi connectivity index (χ3n) is 3.40. The van der Waals surface area contributed by atoms with Gasteiger partial charge in [0.2, 0.25) is 5.91 Å². The van der Waals surface area contributed by atoms with Crippen molar-refractivity contribution in [2.24, 2.45) is 7.05 Å². The summed E-state index contributed by atoms with van der Waals surface area (Å²) in [4.78, 5) is 16.2. The van der Waals surface area contributed by atoms with Crippen molar-refractivity contribution in [2.45, 2.75) is 18.4 Å². The van der Waals surface area contributed by atoms with E-state index in [0.717, 1.165) is 5.56 Å². The number of aromatic nitrogens is 2. The molecule has 1 N–H and O–H groups in total. The normalized spacial score (nSPS) is 13.0. The summed E-state index contributed by atoms with van der Waals surface area (Å²) in [6.45, 7) is -2.30. The lowest BCUT2D eigenvalue weighted by Gasteiger charge is -2.20. The number of nitrogens with one attached hydrogen (secondary N) is 1. The smallest absolute Gasteiger partial charge is 0.330 e. The molecule has 2 rings (SSSR count). The van der Waals surface area contributed by atoms with Gasteiger partial charge in [0.05, 0.1) is 0 Å². The van der Waals surface area contributed by atoms with Gasteiger partial charge in [0.1, 0.15) is 25.1 Å². The predicted molar refractivity (Wildman–Crippen MR) is 81.4 cm³/mol. The van der Waals surface area contributed by atoms with Crippen LogP contribution in [0.4, 0.5) is 17.6 Å². The second kappa shape index (κ2) is 8.11. The summed E-state index contributed by atoms with van der Waals surface area (Å²) in [6.07, 6.45) is -0.603. The fourth-order valence-electron chi connectivity index (χ4n) is 2.14. The number of carbonyl (C=O) groups excluding carboxylic acids is 1. The number of amides is 1. The molecule has 1 aromatic carbocycles. The Morgan fingerprint density at radius 3 is 2.56 bits per heavy atom. The maximum atomic E-state index is 12.8. The topological polar surface area (TPSA) is 56.2 Å². The van der Waals surface area contributed by atoms with Crippen LogP contribution in [0.15, 0.2) is 42.7 Å². The second-order valence-corrected chi connectivity index (χ2v) is 5.36. The summed E-state index contributed by atoms with van der Waals surface area (Å²) in [5.41, 5.74) is 0.725. The van der Waals surface area contributed by atoms with Crippen molar-refractivity contribution < 1.29 is 27.1 Å². The molecule has 0 bridgehead atoms. The van der Waals surface area contributed by atoms with E-state index in [-0.39, 0.29) is 0 Å². The van der Waals surface area contributed by atoms with Gasteiger partial charge in [-0.25, -0.2) is 13.8 Å². The molecule has 1 heterocycles. The minimum Gasteiger partial charge on any atom is -0.365 e. The molecule has 0 aliphatic carbocycles. The van der Waals surface area contributed by atoms with Crippen LogP contribution in [0.25, 0.3) is 0 Å². The van der Waals surface area contributed by atoms with Gasteiger partial charge in [0.15, 0.2) is 0 Å². The van der Waals surface area contributed by atoms with Crippen LogP contribution < -0.4 is 5.32 Å². The third-order valence-corrected chi connectivity index (χ3v) is 3.40. The monoisotopic (exact) mass is 359 g/mol. The SMILES string of the molecule is Cn1ccnc1C(NC(=O)COCC(F)(F)C(F)F)c1ccccc1. The van der Waals surface area contributed by atoms with Crippen molar-refractivity contribution in [1.29, 1.82) is 0 Å². The Balaban J connectivity index is 2.03. The van der Waals surface area contributed by atoms with Gasteiger partial charge in [-0.05, 0) is 5.56 Å². The van der Waals surface area contributed by atoms with Crippen LogP contribution >= 0.6 is 0 Å². The third kappa shape index (κ3) is 5.02. The van der Waals surface area contributed by atoms with Crippen LogP contribution in [0.5, 0.6) is 0 Å². The highest BCUT2D eigenvalue weighted by molar-refractivity contribution is 5.78.